The molecule has 0 bridgehead atoms. The summed E-state index contributed by atoms with van der Waals surface area (Å²) in [5.41, 5.74) is -0.275. The van der Waals surface area contributed by atoms with Gasteiger partial charge in [-0.25, -0.2) is 9.78 Å². The minimum atomic E-state index is -1.56. The highest BCUT2D eigenvalue weighted by Gasteiger charge is 2.27. The Balaban J connectivity index is 3.21. The van der Waals surface area contributed by atoms with Crippen LogP contribution < -0.4 is 5.32 Å². The van der Waals surface area contributed by atoms with E-state index in [1.165, 1.54) is 13.0 Å². The molecular weight excluding hydrogens is 294 g/mol. The van der Waals surface area contributed by atoms with Crippen LogP contribution in [0.5, 0.6) is 0 Å². The minimum Gasteiger partial charge on any atom is -0.481 e. The molecule has 0 amide bonds. The quantitative estimate of drug-likeness (QED) is 0.405. The van der Waals surface area contributed by atoms with Gasteiger partial charge in [0.05, 0.1) is 11.3 Å². The van der Waals surface area contributed by atoms with E-state index in [1.807, 2.05) is 0 Å². The molecule has 0 spiro atoms. The third kappa shape index (κ3) is 3.79. The van der Waals surface area contributed by atoms with Gasteiger partial charge < -0.3 is 15.5 Å². The maximum Gasteiger partial charge on any atom is 0.326 e. The summed E-state index contributed by atoms with van der Waals surface area (Å²) in [5.74, 6) is -3.22. The number of nitro groups is 1. The Labute approximate surface area is 117 Å². The molecule has 0 fully saturated rings. The number of aryl methyl sites for hydroxylation is 1. The first-order valence-corrected chi connectivity index (χ1v) is 5.62. The maximum atomic E-state index is 10.9. The van der Waals surface area contributed by atoms with Crippen molar-refractivity contribution < 1.29 is 24.7 Å². The highest BCUT2D eigenvalue weighted by molar-refractivity contribution is 6.29. The van der Waals surface area contributed by atoms with E-state index >= 15 is 0 Å². The van der Waals surface area contributed by atoms with E-state index in [0.717, 1.165) is 0 Å². The van der Waals surface area contributed by atoms with Crippen molar-refractivity contribution in [3.8, 4) is 0 Å². The van der Waals surface area contributed by atoms with Crippen LogP contribution in [0.25, 0.3) is 0 Å². The number of aromatic nitrogens is 1. The van der Waals surface area contributed by atoms with Crippen LogP contribution in [0, 0.1) is 17.0 Å². The van der Waals surface area contributed by atoms with Gasteiger partial charge in [-0.2, -0.15) is 0 Å². The second-order valence-corrected chi connectivity index (χ2v) is 4.24. The molecule has 1 aromatic rings. The van der Waals surface area contributed by atoms with Gasteiger partial charge in [-0.1, -0.05) is 11.6 Å². The molecule has 0 aromatic carbocycles. The second kappa shape index (κ2) is 6.15. The van der Waals surface area contributed by atoms with Gasteiger partial charge in [0.15, 0.2) is 0 Å². The summed E-state index contributed by atoms with van der Waals surface area (Å²) in [5, 5.41) is 30.6. The lowest BCUT2D eigenvalue weighted by Crippen LogP contribution is -2.32. The number of aliphatic carboxylic acids is 2. The summed E-state index contributed by atoms with van der Waals surface area (Å²) >= 11 is 5.66. The van der Waals surface area contributed by atoms with Crippen LogP contribution in [0.4, 0.5) is 11.5 Å². The van der Waals surface area contributed by atoms with Gasteiger partial charge in [-0.15, -0.1) is 0 Å². The summed E-state index contributed by atoms with van der Waals surface area (Å²) in [6.45, 7) is 1.41. The third-order valence-corrected chi connectivity index (χ3v) is 2.52. The molecule has 108 valence electrons. The van der Waals surface area contributed by atoms with Gasteiger partial charge in [-0.3, -0.25) is 14.9 Å². The molecule has 0 aliphatic carbocycles. The van der Waals surface area contributed by atoms with E-state index in [2.05, 4.69) is 10.3 Å². The van der Waals surface area contributed by atoms with Gasteiger partial charge >= 0.3 is 17.6 Å². The van der Waals surface area contributed by atoms with Crippen molar-refractivity contribution in [2.45, 2.75) is 19.4 Å². The summed E-state index contributed by atoms with van der Waals surface area (Å²) < 4.78 is 0. The summed E-state index contributed by atoms with van der Waals surface area (Å²) in [7, 11) is 0. The molecule has 20 heavy (non-hydrogen) atoms. The molecule has 9 nitrogen and oxygen atoms in total. The maximum absolute atomic E-state index is 10.9. The number of pyridine rings is 1. The van der Waals surface area contributed by atoms with Crippen LogP contribution in [0.2, 0.25) is 5.15 Å². The lowest BCUT2D eigenvalue weighted by atomic mass is 10.2. The average Bonchev–Trinajstić information content (AvgIpc) is 2.25. The highest BCUT2D eigenvalue weighted by atomic mass is 35.5. The van der Waals surface area contributed by atoms with E-state index in [4.69, 9.17) is 21.8 Å². The molecule has 0 saturated carbocycles. The Kier molecular flexibility index (Phi) is 4.81. The van der Waals surface area contributed by atoms with Crippen molar-refractivity contribution in [3.63, 3.8) is 0 Å². The van der Waals surface area contributed by atoms with Gasteiger partial charge in [0.2, 0.25) is 5.82 Å². The monoisotopic (exact) mass is 303 g/mol. The van der Waals surface area contributed by atoms with Gasteiger partial charge in [0.25, 0.3) is 0 Å². The average molecular weight is 304 g/mol. The number of anilines is 1. The molecule has 0 saturated heterocycles. The lowest BCUT2D eigenvalue weighted by molar-refractivity contribution is -0.384. The van der Waals surface area contributed by atoms with Crippen LogP contribution in [0.1, 0.15) is 12.0 Å². The second-order valence-electron chi connectivity index (χ2n) is 3.85. The third-order valence-electron chi connectivity index (χ3n) is 2.32. The SMILES string of the molecule is Cc1cc(Cl)nc(NC(CC(=O)O)C(=O)O)c1[N+](=O)[O-]. The molecule has 10 heteroatoms. The zero-order valence-corrected chi connectivity index (χ0v) is 10.9. The first-order valence-electron chi connectivity index (χ1n) is 5.25. The Morgan fingerprint density at radius 2 is 2.15 bits per heavy atom. The Hall–Kier alpha value is -2.42. The van der Waals surface area contributed by atoms with Gasteiger partial charge in [0.1, 0.15) is 11.2 Å². The summed E-state index contributed by atoms with van der Waals surface area (Å²) in [6, 6.07) is -0.311. The number of carboxylic acid groups (broad SMARTS) is 2. The van der Waals surface area contributed by atoms with E-state index in [-0.39, 0.29) is 16.5 Å². The van der Waals surface area contributed by atoms with Crippen molar-refractivity contribution >= 4 is 35.0 Å². The normalized spacial score (nSPS) is 11.7. The number of hydrogen-bond acceptors (Lipinski definition) is 6. The molecule has 0 radical (unpaired) electrons. The molecule has 1 atom stereocenters. The van der Waals surface area contributed by atoms with Crippen molar-refractivity contribution in [3.05, 3.63) is 26.9 Å². The van der Waals surface area contributed by atoms with E-state index in [0.29, 0.717) is 0 Å². The standard InChI is InChI=1S/C10H10ClN3O6/c1-4-2-6(11)13-9(8(4)14(19)20)12-5(10(17)18)3-7(15)16/h2,5H,3H2,1H3,(H,12,13)(H,15,16)(H,17,18). The van der Waals surface area contributed by atoms with Crippen LogP contribution in [-0.2, 0) is 9.59 Å². The predicted molar refractivity (Wildman–Crippen MR) is 67.9 cm³/mol. The Morgan fingerprint density at radius 3 is 2.60 bits per heavy atom. The number of nitrogens with one attached hydrogen (secondary N) is 1. The smallest absolute Gasteiger partial charge is 0.326 e. The molecule has 1 heterocycles. The fraction of sp³-hybridized carbons (Fsp3) is 0.300. The molecule has 3 N–H and O–H groups in total. The Bertz CT molecular complexity index is 576. The largest absolute Gasteiger partial charge is 0.481 e. The molecule has 1 aromatic heterocycles. The predicted octanol–water partition coefficient (Wildman–Crippen LogP) is 1.29. The van der Waals surface area contributed by atoms with Crippen LogP contribution in [0.15, 0.2) is 6.07 Å². The lowest BCUT2D eigenvalue weighted by Gasteiger charge is -2.14. The van der Waals surface area contributed by atoms with Crippen LogP contribution in [-0.4, -0.2) is 38.1 Å². The van der Waals surface area contributed by atoms with Crippen molar-refractivity contribution in [2.75, 3.05) is 5.32 Å². The van der Waals surface area contributed by atoms with Crippen molar-refractivity contribution in [1.82, 2.24) is 4.98 Å². The zero-order chi connectivity index (χ0) is 15.4. The highest BCUT2D eigenvalue weighted by Crippen LogP contribution is 2.29. The summed E-state index contributed by atoms with van der Waals surface area (Å²) in [4.78, 5) is 35.3. The number of carboxylic acids is 2. The molecular formula is C10H10ClN3O6. The molecule has 0 aliphatic heterocycles. The van der Waals surface area contributed by atoms with E-state index < -0.39 is 35.0 Å². The number of hydrogen-bond donors (Lipinski definition) is 3. The molecule has 1 unspecified atom stereocenters. The Morgan fingerprint density at radius 1 is 1.55 bits per heavy atom. The minimum absolute atomic E-state index is 0.0740. The molecule has 0 aliphatic rings. The first kappa shape index (κ1) is 15.6. The number of rotatable bonds is 6. The molecule has 1 rings (SSSR count). The topological polar surface area (TPSA) is 143 Å². The van der Waals surface area contributed by atoms with Gasteiger partial charge in [-0.05, 0) is 13.0 Å². The fourth-order valence-electron chi connectivity index (χ4n) is 1.50. The van der Waals surface area contributed by atoms with E-state index in [9.17, 15) is 19.7 Å². The van der Waals surface area contributed by atoms with Crippen molar-refractivity contribution in [1.29, 1.82) is 0 Å². The number of carbonyl (C=O) groups is 2. The van der Waals surface area contributed by atoms with Crippen molar-refractivity contribution in [2.24, 2.45) is 0 Å². The fourth-order valence-corrected chi connectivity index (χ4v) is 1.74. The number of halogens is 1. The van der Waals surface area contributed by atoms with Crippen LogP contribution >= 0.6 is 11.6 Å². The number of nitrogens with zero attached hydrogens (tertiary/aromatic N) is 2. The first-order chi connectivity index (χ1) is 9.22. The summed E-state index contributed by atoms with van der Waals surface area (Å²) in [6.07, 6.45) is -0.764. The van der Waals surface area contributed by atoms with E-state index in [1.54, 1.807) is 0 Å². The van der Waals surface area contributed by atoms with Gasteiger partial charge in [0, 0.05) is 5.56 Å². The zero-order valence-electron chi connectivity index (χ0n) is 10.2. The van der Waals surface area contributed by atoms with Crippen LogP contribution in [0.3, 0.4) is 0 Å².